The Hall–Kier alpha value is -2.19. The second kappa shape index (κ2) is 6.51. The summed E-state index contributed by atoms with van der Waals surface area (Å²) >= 11 is 1.71. The number of nitrogens with one attached hydrogen (secondary N) is 1. The third kappa shape index (κ3) is 3.27. The summed E-state index contributed by atoms with van der Waals surface area (Å²) in [5, 5.41) is 14.4. The minimum atomic E-state index is -0.704. The standard InChI is InChI=1S/C18H18N2O2S/c1-22-15-6-5-13-3-2-4-14(16(13)10-15)9-17(21)20-18(11-19)7-8-23-12-18/h2-6,10H,7-9,12H2,1H3,(H,20,21)/t18-/m0/s1. The lowest BCUT2D eigenvalue weighted by molar-refractivity contribution is -0.121. The SMILES string of the molecule is COc1ccc2cccc(CC(=O)N[C@]3(C#N)CCSC3)c2c1. The summed E-state index contributed by atoms with van der Waals surface area (Å²) in [5.74, 6) is 2.24. The first kappa shape index (κ1) is 15.7. The van der Waals surface area contributed by atoms with Crippen molar-refractivity contribution in [3.8, 4) is 11.8 Å². The highest BCUT2D eigenvalue weighted by atomic mass is 32.2. The van der Waals surface area contributed by atoms with Crippen molar-refractivity contribution in [3.63, 3.8) is 0 Å². The number of rotatable bonds is 4. The highest BCUT2D eigenvalue weighted by molar-refractivity contribution is 7.99. The highest BCUT2D eigenvalue weighted by Crippen LogP contribution is 2.28. The zero-order valence-corrected chi connectivity index (χ0v) is 13.8. The van der Waals surface area contributed by atoms with Crippen molar-refractivity contribution in [2.75, 3.05) is 18.6 Å². The van der Waals surface area contributed by atoms with Gasteiger partial charge in [0.05, 0.1) is 19.6 Å². The number of fused-ring (bicyclic) bond motifs is 1. The van der Waals surface area contributed by atoms with E-state index in [1.165, 1.54) is 0 Å². The van der Waals surface area contributed by atoms with E-state index in [1.807, 2.05) is 36.4 Å². The number of amides is 1. The molecule has 0 unspecified atom stereocenters. The Morgan fingerprint density at radius 1 is 1.43 bits per heavy atom. The van der Waals surface area contributed by atoms with Crippen LogP contribution in [0.2, 0.25) is 0 Å². The van der Waals surface area contributed by atoms with Gasteiger partial charge in [-0.15, -0.1) is 0 Å². The quantitative estimate of drug-likeness (QED) is 0.938. The van der Waals surface area contributed by atoms with Gasteiger partial charge in [-0.25, -0.2) is 0 Å². The minimum Gasteiger partial charge on any atom is -0.497 e. The summed E-state index contributed by atoms with van der Waals surface area (Å²) in [5.41, 5.74) is 0.238. The molecule has 1 aliphatic heterocycles. The maximum atomic E-state index is 12.4. The predicted octanol–water partition coefficient (Wildman–Crippen LogP) is 2.91. The second-order valence-corrected chi connectivity index (χ2v) is 6.83. The fraction of sp³-hybridized carbons (Fsp3) is 0.333. The number of hydrogen-bond acceptors (Lipinski definition) is 4. The Morgan fingerprint density at radius 3 is 3.00 bits per heavy atom. The molecule has 2 aromatic rings. The number of carbonyl (C=O) groups excluding carboxylic acids is 1. The summed E-state index contributed by atoms with van der Waals surface area (Å²) in [6.45, 7) is 0. The van der Waals surface area contributed by atoms with Crippen LogP contribution in [0.15, 0.2) is 36.4 Å². The number of hydrogen-bond donors (Lipinski definition) is 1. The van der Waals surface area contributed by atoms with Gasteiger partial charge in [0.25, 0.3) is 0 Å². The number of nitrogens with zero attached hydrogens (tertiary/aromatic N) is 1. The molecule has 2 aromatic carbocycles. The molecule has 1 N–H and O–H groups in total. The molecule has 5 heteroatoms. The van der Waals surface area contributed by atoms with E-state index < -0.39 is 5.54 Å². The van der Waals surface area contributed by atoms with Crippen LogP contribution in [0.25, 0.3) is 10.8 Å². The maximum absolute atomic E-state index is 12.4. The molecule has 0 spiro atoms. The molecule has 4 nitrogen and oxygen atoms in total. The van der Waals surface area contributed by atoms with E-state index >= 15 is 0 Å². The van der Waals surface area contributed by atoms with Gasteiger partial charge < -0.3 is 10.1 Å². The van der Waals surface area contributed by atoms with Gasteiger partial charge in [0, 0.05) is 5.75 Å². The Labute approximate surface area is 139 Å². The smallest absolute Gasteiger partial charge is 0.225 e. The maximum Gasteiger partial charge on any atom is 0.225 e. The normalized spacial score (nSPS) is 20.2. The molecule has 1 aliphatic rings. The fourth-order valence-corrected chi connectivity index (χ4v) is 4.13. The molecule has 0 aliphatic carbocycles. The van der Waals surface area contributed by atoms with Gasteiger partial charge >= 0.3 is 0 Å². The summed E-state index contributed by atoms with van der Waals surface area (Å²) in [7, 11) is 1.63. The first-order chi connectivity index (χ1) is 11.2. The third-order valence-corrected chi connectivity index (χ3v) is 5.33. The Kier molecular flexibility index (Phi) is 4.44. The molecule has 0 radical (unpaired) electrons. The van der Waals surface area contributed by atoms with Crippen LogP contribution in [-0.2, 0) is 11.2 Å². The highest BCUT2D eigenvalue weighted by Gasteiger charge is 2.35. The first-order valence-corrected chi connectivity index (χ1v) is 8.67. The van der Waals surface area contributed by atoms with Crippen LogP contribution in [0, 0.1) is 11.3 Å². The fourth-order valence-electron chi connectivity index (χ4n) is 2.86. The van der Waals surface area contributed by atoms with E-state index in [2.05, 4.69) is 11.4 Å². The van der Waals surface area contributed by atoms with Gasteiger partial charge in [0.15, 0.2) is 0 Å². The number of carbonyl (C=O) groups is 1. The Morgan fingerprint density at radius 2 is 2.30 bits per heavy atom. The molecule has 23 heavy (non-hydrogen) atoms. The second-order valence-electron chi connectivity index (χ2n) is 5.73. The number of methoxy groups -OCH3 is 1. The van der Waals surface area contributed by atoms with Crippen LogP contribution in [0.3, 0.4) is 0 Å². The molecule has 1 saturated heterocycles. The van der Waals surface area contributed by atoms with Gasteiger partial charge in [-0.05, 0) is 40.6 Å². The van der Waals surface area contributed by atoms with Crippen LogP contribution in [0.5, 0.6) is 5.75 Å². The van der Waals surface area contributed by atoms with E-state index in [4.69, 9.17) is 4.74 Å². The summed E-state index contributed by atoms with van der Waals surface area (Å²) in [4.78, 5) is 12.4. The number of nitriles is 1. The Bertz CT molecular complexity index is 776. The van der Waals surface area contributed by atoms with Crippen molar-refractivity contribution in [3.05, 3.63) is 42.0 Å². The molecule has 1 fully saturated rings. The molecule has 1 atom stereocenters. The van der Waals surface area contributed by atoms with Crippen molar-refractivity contribution in [1.82, 2.24) is 5.32 Å². The van der Waals surface area contributed by atoms with Crippen molar-refractivity contribution in [1.29, 1.82) is 5.26 Å². The van der Waals surface area contributed by atoms with Crippen LogP contribution in [-0.4, -0.2) is 30.1 Å². The zero-order valence-electron chi connectivity index (χ0n) is 13.0. The van der Waals surface area contributed by atoms with Gasteiger partial charge in [0.2, 0.25) is 5.91 Å². The van der Waals surface area contributed by atoms with E-state index in [0.717, 1.165) is 27.8 Å². The summed E-state index contributed by atoms with van der Waals surface area (Å²) in [6, 6.07) is 14.0. The lowest BCUT2D eigenvalue weighted by atomic mass is 9.98. The van der Waals surface area contributed by atoms with Crippen molar-refractivity contribution in [2.24, 2.45) is 0 Å². The molecule has 0 bridgehead atoms. The van der Waals surface area contributed by atoms with Gasteiger partial charge in [0.1, 0.15) is 11.3 Å². The summed E-state index contributed by atoms with van der Waals surface area (Å²) < 4.78 is 5.28. The van der Waals surface area contributed by atoms with Crippen molar-refractivity contribution in [2.45, 2.75) is 18.4 Å². The molecular formula is C18H18N2O2S. The third-order valence-electron chi connectivity index (χ3n) is 4.14. The Balaban J connectivity index is 1.83. The first-order valence-electron chi connectivity index (χ1n) is 7.51. The monoisotopic (exact) mass is 326 g/mol. The molecule has 0 saturated carbocycles. The lowest BCUT2D eigenvalue weighted by Crippen LogP contribution is -2.48. The van der Waals surface area contributed by atoms with E-state index in [1.54, 1.807) is 18.9 Å². The molecule has 3 rings (SSSR count). The van der Waals surface area contributed by atoms with E-state index in [-0.39, 0.29) is 12.3 Å². The van der Waals surface area contributed by atoms with Gasteiger partial charge in [-0.3, -0.25) is 4.79 Å². The number of benzene rings is 2. The molecule has 0 aromatic heterocycles. The molecular weight excluding hydrogens is 308 g/mol. The van der Waals surface area contributed by atoms with Crippen LogP contribution < -0.4 is 10.1 Å². The summed E-state index contributed by atoms with van der Waals surface area (Å²) in [6.07, 6.45) is 0.974. The predicted molar refractivity (Wildman–Crippen MR) is 92.6 cm³/mol. The van der Waals surface area contributed by atoms with Crippen molar-refractivity contribution >= 4 is 28.4 Å². The van der Waals surface area contributed by atoms with Gasteiger partial charge in [-0.2, -0.15) is 17.0 Å². The lowest BCUT2D eigenvalue weighted by Gasteiger charge is -2.21. The molecule has 1 heterocycles. The van der Waals surface area contributed by atoms with Gasteiger partial charge in [-0.1, -0.05) is 24.3 Å². The van der Waals surface area contributed by atoms with Crippen LogP contribution in [0.4, 0.5) is 0 Å². The molecule has 1 amide bonds. The van der Waals surface area contributed by atoms with Crippen molar-refractivity contribution < 1.29 is 9.53 Å². The zero-order chi connectivity index (χ0) is 16.3. The van der Waals surface area contributed by atoms with Crippen LogP contribution in [0.1, 0.15) is 12.0 Å². The average molecular weight is 326 g/mol. The number of ether oxygens (including phenoxy) is 1. The molecule has 118 valence electrons. The average Bonchev–Trinajstić information content (AvgIpc) is 3.03. The minimum absolute atomic E-state index is 0.107. The van der Waals surface area contributed by atoms with E-state index in [9.17, 15) is 10.1 Å². The van der Waals surface area contributed by atoms with E-state index in [0.29, 0.717) is 12.2 Å². The number of thioether (sulfide) groups is 1. The van der Waals surface area contributed by atoms with Crippen LogP contribution >= 0.6 is 11.8 Å². The topological polar surface area (TPSA) is 62.1 Å². The largest absolute Gasteiger partial charge is 0.497 e.